The molecule has 4 N–H and O–H groups in total. The van der Waals surface area contributed by atoms with Gasteiger partial charge < -0.3 is 15.8 Å². The molecular weight excluding hydrogens is 266 g/mol. The lowest BCUT2D eigenvalue weighted by molar-refractivity contribution is 0.515. The van der Waals surface area contributed by atoms with Crippen LogP contribution in [0.2, 0.25) is 0 Å². The van der Waals surface area contributed by atoms with Gasteiger partial charge in [0.25, 0.3) is 5.56 Å². The number of aromatic nitrogens is 2. The zero-order chi connectivity index (χ0) is 14.8. The second-order valence-electron chi connectivity index (χ2n) is 4.62. The normalized spacial score (nSPS) is 11.7. The Bertz CT molecular complexity index is 880. The first-order valence-corrected chi connectivity index (χ1v) is 6.39. The van der Waals surface area contributed by atoms with Crippen molar-refractivity contribution in [2.24, 2.45) is 0 Å². The highest BCUT2D eigenvalue weighted by Gasteiger charge is 2.05. The van der Waals surface area contributed by atoms with Gasteiger partial charge in [0.05, 0.1) is 11.0 Å². The lowest BCUT2D eigenvalue weighted by atomic mass is 10.1. The van der Waals surface area contributed by atoms with E-state index in [1.54, 1.807) is 36.4 Å². The van der Waals surface area contributed by atoms with Crippen LogP contribution in [0.3, 0.4) is 0 Å². The molecule has 0 aliphatic rings. The number of H-pyrrole nitrogens is 1. The van der Waals surface area contributed by atoms with Crippen molar-refractivity contribution in [2.75, 3.05) is 5.73 Å². The molecule has 0 saturated carbocycles. The Labute approximate surface area is 120 Å². The van der Waals surface area contributed by atoms with Crippen LogP contribution in [0.1, 0.15) is 11.3 Å². The van der Waals surface area contributed by atoms with E-state index in [9.17, 15) is 9.90 Å². The van der Waals surface area contributed by atoms with Gasteiger partial charge in [0.2, 0.25) is 0 Å². The van der Waals surface area contributed by atoms with Gasteiger partial charge in [0.1, 0.15) is 11.5 Å². The lowest BCUT2D eigenvalue weighted by Crippen LogP contribution is -2.12. The van der Waals surface area contributed by atoms with Crippen LogP contribution >= 0.6 is 0 Å². The molecule has 5 heteroatoms. The highest BCUT2D eigenvalue weighted by atomic mass is 16.3. The summed E-state index contributed by atoms with van der Waals surface area (Å²) >= 11 is 0. The Morgan fingerprint density at radius 2 is 1.86 bits per heavy atom. The molecule has 1 aromatic heterocycles. The van der Waals surface area contributed by atoms with E-state index in [2.05, 4.69) is 9.97 Å². The third-order valence-corrected chi connectivity index (χ3v) is 3.11. The van der Waals surface area contributed by atoms with Crippen LogP contribution < -0.4 is 11.3 Å². The molecule has 2 aromatic carbocycles. The first-order valence-electron chi connectivity index (χ1n) is 6.39. The molecule has 0 atom stereocenters. The van der Waals surface area contributed by atoms with Crippen molar-refractivity contribution >= 4 is 28.6 Å². The first-order chi connectivity index (χ1) is 10.1. The molecular formula is C16H13N3O2. The van der Waals surface area contributed by atoms with Crippen molar-refractivity contribution in [1.82, 2.24) is 9.97 Å². The number of fused-ring (bicyclic) bond motifs is 1. The van der Waals surface area contributed by atoms with Crippen molar-refractivity contribution in [3.8, 4) is 0 Å². The van der Waals surface area contributed by atoms with Crippen molar-refractivity contribution in [3.05, 3.63) is 70.1 Å². The van der Waals surface area contributed by atoms with Gasteiger partial charge in [0.15, 0.2) is 0 Å². The number of nitrogen functional groups attached to an aromatic ring is 1. The summed E-state index contributed by atoms with van der Waals surface area (Å²) in [4.78, 5) is 18.9. The maximum Gasteiger partial charge on any atom is 0.274 e. The summed E-state index contributed by atoms with van der Waals surface area (Å²) in [5.74, 6) is -0.0386. The number of nitrogens with two attached hydrogens (primary N) is 1. The molecule has 0 fully saturated rings. The quantitative estimate of drug-likeness (QED) is 0.496. The van der Waals surface area contributed by atoms with E-state index in [1.165, 1.54) is 6.08 Å². The number of para-hydroxylation sites is 2. The Kier molecular flexibility index (Phi) is 3.16. The highest BCUT2D eigenvalue weighted by molar-refractivity contribution is 5.79. The molecule has 3 rings (SSSR count). The van der Waals surface area contributed by atoms with Crippen LogP contribution in [0.4, 0.5) is 5.69 Å². The fourth-order valence-electron chi connectivity index (χ4n) is 2.01. The van der Waals surface area contributed by atoms with Crippen molar-refractivity contribution in [2.45, 2.75) is 0 Å². The minimum absolute atomic E-state index is 0.0386. The second kappa shape index (κ2) is 5.13. The fraction of sp³-hybridized carbons (Fsp3) is 0. The van der Waals surface area contributed by atoms with Crippen molar-refractivity contribution in [1.29, 1.82) is 0 Å². The van der Waals surface area contributed by atoms with Gasteiger partial charge in [-0.25, -0.2) is 4.98 Å². The number of aliphatic hydroxyl groups excluding tert-OH is 1. The molecule has 5 nitrogen and oxygen atoms in total. The Morgan fingerprint density at radius 3 is 2.62 bits per heavy atom. The maximum atomic E-state index is 12.0. The van der Waals surface area contributed by atoms with Crippen molar-refractivity contribution < 1.29 is 5.11 Å². The summed E-state index contributed by atoms with van der Waals surface area (Å²) in [6.07, 6.45) is 1.34. The average molecular weight is 279 g/mol. The van der Waals surface area contributed by atoms with Gasteiger partial charge in [-0.05, 0) is 36.4 Å². The van der Waals surface area contributed by atoms with Crippen LogP contribution in [-0.4, -0.2) is 15.1 Å². The molecule has 0 saturated heterocycles. The molecule has 0 aliphatic carbocycles. The zero-order valence-electron chi connectivity index (χ0n) is 11.1. The van der Waals surface area contributed by atoms with Crippen LogP contribution in [0.15, 0.2) is 53.3 Å². The summed E-state index contributed by atoms with van der Waals surface area (Å²) in [7, 11) is 0. The molecule has 0 bridgehead atoms. The predicted molar refractivity (Wildman–Crippen MR) is 83.7 cm³/mol. The molecule has 0 radical (unpaired) electrons. The summed E-state index contributed by atoms with van der Waals surface area (Å²) in [5.41, 5.74) is 7.89. The third-order valence-electron chi connectivity index (χ3n) is 3.11. The van der Waals surface area contributed by atoms with Gasteiger partial charge in [0, 0.05) is 17.3 Å². The van der Waals surface area contributed by atoms with Crippen LogP contribution in [-0.2, 0) is 0 Å². The number of hydrogen-bond acceptors (Lipinski definition) is 4. The van der Waals surface area contributed by atoms with E-state index in [1.807, 2.05) is 12.1 Å². The monoisotopic (exact) mass is 279 g/mol. The van der Waals surface area contributed by atoms with Crippen LogP contribution in [0.25, 0.3) is 22.9 Å². The standard InChI is InChI=1S/C16H13N3O2/c17-11-7-5-10(6-8-11)15(20)9-14-16(21)19-13-4-2-1-3-12(13)18-14/h1-9,20H,17H2,(H,19,21)/b15-9-. The smallest absolute Gasteiger partial charge is 0.274 e. The number of nitrogens with zero attached hydrogens (tertiary/aromatic N) is 1. The lowest BCUT2D eigenvalue weighted by Gasteiger charge is -2.02. The van der Waals surface area contributed by atoms with Crippen LogP contribution in [0.5, 0.6) is 0 Å². The first kappa shape index (κ1) is 12.9. The Hall–Kier alpha value is -3.08. The van der Waals surface area contributed by atoms with E-state index < -0.39 is 0 Å². The predicted octanol–water partition coefficient (Wildman–Crippen LogP) is 2.56. The molecule has 0 spiro atoms. The number of rotatable bonds is 2. The molecule has 21 heavy (non-hydrogen) atoms. The van der Waals surface area contributed by atoms with Crippen molar-refractivity contribution in [3.63, 3.8) is 0 Å². The molecule has 0 amide bonds. The van der Waals surface area contributed by atoms with Gasteiger partial charge >= 0.3 is 0 Å². The van der Waals surface area contributed by atoms with Gasteiger partial charge in [-0.15, -0.1) is 0 Å². The summed E-state index contributed by atoms with van der Waals surface area (Å²) in [6.45, 7) is 0. The summed E-state index contributed by atoms with van der Waals surface area (Å²) in [5, 5.41) is 10.1. The summed E-state index contributed by atoms with van der Waals surface area (Å²) in [6, 6.07) is 13.9. The van der Waals surface area contributed by atoms with Gasteiger partial charge in [-0.2, -0.15) is 0 Å². The van der Waals surface area contributed by atoms with E-state index in [0.29, 0.717) is 22.3 Å². The molecule has 3 aromatic rings. The summed E-state index contributed by atoms with van der Waals surface area (Å²) < 4.78 is 0. The molecule has 0 unspecified atom stereocenters. The number of nitrogens with one attached hydrogen (secondary N) is 1. The van der Waals surface area contributed by atoms with E-state index in [0.717, 1.165) is 0 Å². The van der Waals surface area contributed by atoms with E-state index in [4.69, 9.17) is 5.73 Å². The number of benzene rings is 2. The highest BCUT2D eigenvalue weighted by Crippen LogP contribution is 2.16. The SMILES string of the molecule is Nc1ccc(/C(O)=C/c2nc3ccccc3[nH]c2=O)cc1. The van der Waals surface area contributed by atoms with E-state index >= 15 is 0 Å². The third kappa shape index (κ3) is 2.62. The largest absolute Gasteiger partial charge is 0.507 e. The Balaban J connectivity index is 2.07. The van der Waals surface area contributed by atoms with E-state index in [-0.39, 0.29) is 17.0 Å². The number of hydrogen-bond donors (Lipinski definition) is 3. The zero-order valence-corrected chi connectivity index (χ0v) is 11.1. The number of aromatic amines is 1. The molecule has 0 aliphatic heterocycles. The molecule has 1 heterocycles. The maximum absolute atomic E-state index is 12.0. The van der Waals surface area contributed by atoms with Crippen LogP contribution in [0, 0.1) is 0 Å². The molecule has 104 valence electrons. The number of anilines is 1. The second-order valence-corrected chi connectivity index (χ2v) is 4.62. The fourth-order valence-corrected chi connectivity index (χ4v) is 2.01. The topological polar surface area (TPSA) is 92.0 Å². The Morgan fingerprint density at radius 1 is 1.14 bits per heavy atom. The van der Waals surface area contributed by atoms with Gasteiger partial charge in [-0.3, -0.25) is 4.79 Å². The number of aliphatic hydroxyl groups is 1. The average Bonchev–Trinajstić information content (AvgIpc) is 2.48. The minimum Gasteiger partial charge on any atom is -0.507 e. The minimum atomic E-state index is -0.351. The van der Waals surface area contributed by atoms with Gasteiger partial charge in [-0.1, -0.05) is 12.1 Å².